The van der Waals surface area contributed by atoms with E-state index in [2.05, 4.69) is 0 Å². The summed E-state index contributed by atoms with van der Waals surface area (Å²) in [7, 11) is -3.34. The molecule has 0 aromatic heterocycles. The van der Waals surface area contributed by atoms with Crippen LogP contribution in [0.5, 0.6) is 0 Å². The minimum Gasteiger partial charge on any atom is -0.373 e. The molecule has 2 aromatic carbocycles. The monoisotopic (exact) mass is 260 g/mol. The smallest absolute Gasteiger partial charge is 0.206 e. The Hall–Kier alpha value is -2.30. The van der Waals surface area contributed by atoms with Crippen LogP contribution in [0.4, 0.5) is 0 Å². The van der Waals surface area contributed by atoms with E-state index in [9.17, 15) is 8.42 Å². The van der Waals surface area contributed by atoms with Gasteiger partial charge >= 0.3 is 0 Å². The molecule has 0 saturated heterocycles. The van der Waals surface area contributed by atoms with Crippen molar-refractivity contribution in [1.82, 2.24) is 0 Å². The van der Waals surface area contributed by atoms with Crippen LogP contribution in [0.25, 0.3) is 16.0 Å². The van der Waals surface area contributed by atoms with Gasteiger partial charge in [0.25, 0.3) is 0 Å². The summed E-state index contributed by atoms with van der Waals surface area (Å²) < 4.78 is 24.1. The molecular weight excluding hydrogens is 250 g/mol. The van der Waals surface area contributed by atoms with E-state index in [1.165, 1.54) is 4.91 Å². The first kappa shape index (κ1) is 13.8. The van der Waals surface area contributed by atoms with Crippen LogP contribution in [0.1, 0.15) is 0 Å². The Morgan fingerprint density at radius 1 is 0.722 bits per heavy atom. The molecule has 0 fully saturated rings. The summed E-state index contributed by atoms with van der Waals surface area (Å²) in [4.78, 5) is 2.16. The minimum absolute atomic E-state index is 0.330. The van der Waals surface area contributed by atoms with E-state index < -0.39 is 9.84 Å². The Bertz CT molecular complexity index is 573. The molecule has 2 aromatic rings. The SMILES string of the molecule is O=S(=O)(c1ccccc1)c1ccccc1.[N-]=[N+]=[N-]. The molecule has 0 aliphatic rings. The van der Waals surface area contributed by atoms with E-state index in [4.69, 9.17) is 11.1 Å². The number of hydrogen-bond acceptors (Lipinski definition) is 2. The van der Waals surface area contributed by atoms with Crippen molar-refractivity contribution >= 4 is 9.84 Å². The maximum atomic E-state index is 12.0. The van der Waals surface area contributed by atoms with Gasteiger partial charge in [0.2, 0.25) is 9.84 Å². The molecule has 18 heavy (non-hydrogen) atoms. The second-order valence-corrected chi connectivity index (χ2v) is 5.17. The molecule has 2 rings (SSSR count). The summed E-state index contributed by atoms with van der Waals surface area (Å²) in [5.74, 6) is 0. The second kappa shape index (κ2) is 6.44. The number of nitrogens with zero attached hydrogens (tertiary/aromatic N) is 3. The van der Waals surface area contributed by atoms with E-state index in [0.29, 0.717) is 9.79 Å². The molecule has 0 unspecified atom stereocenters. The Labute approximate surface area is 105 Å². The molecule has 0 spiro atoms. The van der Waals surface area contributed by atoms with E-state index >= 15 is 0 Å². The van der Waals surface area contributed by atoms with Gasteiger partial charge in [0.05, 0.1) is 9.79 Å². The average molecular weight is 260 g/mol. The fourth-order valence-corrected chi connectivity index (χ4v) is 2.64. The van der Waals surface area contributed by atoms with Crippen LogP contribution in [-0.4, -0.2) is 8.42 Å². The molecule has 5 nitrogen and oxygen atoms in total. The summed E-state index contributed by atoms with van der Waals surface area (Å²) in [6.07, 6.45) is 0. The van der Waals surface area contributed by atoms with Gasteiger partial charge in [0.15, 0.2) is 0 Å². The van der Waals surface area contributed by atoms with Crippen LogP contribution >= 0.6 is 0 Å². The molecule has 0 bridgehead atoms. The molecule has 0 aliphatic carbocycles. The van der Waals surface area contributed by atoms with Gasteiger partial charge in [-0.1, -0.05) is 36.4 Å². The number of rotatable bonds is 2. The van der Waals surface area contributed by atoms with Gasteiger partial charge in [0, 0.05) is 0 Å². The van der Waals surface area contributed by atoms with Gasteiger partial charge in [0.1, 0.15) is 0 Å². The molecule has 0 saturated carbocycles. The van der Waals surface area contributed by atoms with E-state index in [1.54, 1.807) is 60.7 Å². The highest BCUT2D eigenvalue weighted by Crippen LogP contribution is 2.19. The number of benzene rings is 2. The fourth-order valence-electron chi connectivity index (χ4n) is 1.34. The first-order valence-electron chi connectivity index (χ1n) is 4.96. The lowest BCUT2D eigenvalue weighted by molar-refractivity contribution is 0.596. The zero-order valence-corrected chi connectivity index (χ0v) is 10.2. The Morgan fingerprint density at radius 3 is 1.28 bits per heavy atom. The van der Waals surface area contributed by atoms with E-state index in [1.807, 2.05) is 0 Å². The van der Waals surface area contributed by atoms with Crippen LogP contribution < -0.4 is 0 Å². The summed E-state index contributed by atoms with van der Waals surface area (Å²) in [5, 5.41) is 0. The van der Waals surface area contributed by atoms with Gasteiger partial charge in [-0.25, -0.2) is 8.42 Å². The predicted molar refractivity (Wildman–Crippen MR) is 68.4 cm³/mol. The van der Waals surface area contributed by atoms with Crippen LogP contribution in [0.15, 0.2) is 70.5 Å². The number of sulfone groups is 1. The van der Waals surface area contributed by atoms with Crippen molar-refractivity contribution in [3.05, 3.63) is 76.6 Å². The zero-order valence-electron chi connectivity index (χ0n) is 9.34. The molecule has 0 aliphatic heterocycles. The third kappa shape index (κ3) is 3.35. The van der Waals surface area contributed by atoms with E-state index in [0.717, 1.165) is 0 Å². The van der Waals surface area contributed by atoms with Crippen molar-refractivity contribution in [3.8, 4) is 0 Å². The van der Waals surface area contributed by atoms with Gasteiger partial charge in [-0.15, -0.1) is 0 Å². The number of hydrogen-bond donors (Lipinski definition) is 0. The summed E-state index contributed by atoms with van der Waals surface area (Å²) in [5.41, 5.74) is 13.5. The zero-order chi connectivity index (χ0) is 13.4. The molecule has 6 heteroatoms. The highest BCUT2D eigenvalue weighted by molar-refractivity contribution is 7.91. The molecular formula is C12H10N3O2S-. The molecule has 0 N–H and O–H groups in total. The Kier molecular flexibility index (Phi) is 4.92. The standard InChI is InChI=1S/C12H10O2S.N3/c13-15(14,11-7-3-1-4-8-11)12-9-5-2-6-10-12;1-3-2/h1-10H;/q;-1. The normalized spacial score (nSPS) is 9.78. The highest BCUT2D eigenvalue weighted by atomic mass is 32.2. The highest BCUT2D eigenvalue weighted by Gasteiger charge is 2.15. The van der Waals surface area contributed by atoms with Gasteiger partial charge in [-0.05, 0) is 24.3 Å². The van der Waals surface area contributed by atoms with Gasteiger partial charge < -0.3 is 11.1 Å². The molecule has 0 atom stereocenters. The van der Waals surface area contributed by atoms with Crippen molar-refractivity contribution in [2.75, 3.05) is 0 Å². The van der Waals surface area contributed by atoms with Crippen molar-refractivity contribution in [1.29, 1.82) is 0 Å². The Balaban J connectivity index is 0.000000492. The minimum atomic E-state index is -3.34. The van der Waals surface area contributed by atoms with Gasteiger partial charge in [-0.2, -0.15) is 0 Å². The van der Waals surface area contributed by atoms with Crippen LogP contribution in [-0.2, 0) is 9.84 Å². The van der Waals surface area contributed by atoms with Crippen LogP contribution in [0.3, 0.4) is 0 Å². The van der Waals surface area contributed by atoms with Crippen molar-refractivity contribution < 1.29 is 8.42 Å². The molecule has 0 radical (unpaired) electrons. The molecule has 0 heterocycles. The predicted octanol–water partition coefficient (Wildman–Crippen LogP) is 3.39. The third-order valence-corrected chi connectivity index (χ3v) is 3.89. The molecule has 92 valence electrons. The van der Waals surface area contributed by atoms with Crippen molar-refractivity contribution in [2.45, 2.75) is 9.79 Å². The topological polar surface area (TPSA) is 92.8 Å². The molecule has 0 amide bonds. The largest absolute Gasteiger partial charge is 0.373 e. The first-order valence-corrected chi connectivity index (χ1v) is 6.45. The van der Waals surface area contributed by atoms with E-state index in [-0.39, 0.29) is 0 Å². The van der Waals surface area contributed by atoms with Gasteiger partial charge in [-0.3, -0.25) is 4.91 Å². The van der Waals surface area contributed by atoms with Crippen LogP contribution in [0.2, 0.25) is 0 Å². The summed E-state index contributed by atoms with van der Waals surface area (Å²) >= 11 is 0. The fraction of sp³-hybridized carbons (Fsp3) is 0. The summed E-state index contributed by atoms with van der Waals surface area (Å²) in [6, 6.07) is 16.9. The quantitative estimate of drug-likeness (QED) is 0.470. The second-order valence-electron chi connectivity index (χ2n) is 3.22. The maximum Gasteiger partial charge on any atom is 0.206 e. The maximum absolute atomic E-state index is 12.0. The lowest BCUT2D eigenvalue weighted by Crippen LogP contribution is -2.00. The average Bonchev–Trinajstić information content (AvgIpc) is 2.42. The Morgan fingerprint density at radius 2 is 1.00 bits per heavy atom. The third-order valence-electron chi connectivity index (χ3n) is 2.11. The first-order chi connectivity index (χ1) is 8.62. The summed E-state index contributed by atoms with van der Waals surface area (Å²) in [6.45, 7) is 0. The lowest BCUT2D eigenvalue weighted by Gasteiger charge is -2.03. The lowest BCUT2D eigenvalue weighted by atomic mass is 10.4. The van der Waals surface area contributed by atoms with Crippen molar-refractivity contribution in [3.63, 3.8) is 0 Å². The van der Waals surface area contributed by atoms with Crippen LogP contribution in [0, 0.1) is 0 Å². The van der Waals surface area contributed by atoms with Crippen molar-refractivity contribution in [2.24, 2.45) is 0 Å².